The molecule has 0 aromatic heterocycles. The van der Waals surface area contributed by atoms with Crippen molar-refractivity contribution in [1.82, 2.24) is 4.31 Å². The minimum atomic E-state index is -4.50. The van der Waals surface area contributed by atoms with Crippen molar-refractivity contribution in [2.24, 2.45) is 0 Å². The van der Waals surface area contributed by atoms with Gasteiger partial charge in [0.25, 0.3) is 0 Å². The molecule has 0 radical (unpaired) electrons. The highest BCUT2D eigenvalue weighted by Gasteiger charge is 2.35. The van der Waals surface area contributed by atoms with Crippen LogP contribution in [0.25, 0.3) is 0 Å². The monoisotopic (exact) mass is 311 g/mol. The van der Waals surface area contributed by atoms with Crippen molar-refractivity contribution in [1.29, 1.82) is 0 Å². The van der Waals surface area contributed by atoms with E-state index < -0.39 is 27.4 Å². The molecule has 0 aliphatic rings. The summed E-state index contributed by atoms with van der Waals surface area (Å²) in [7, 11) is -3.84. The molecule has 0 bridgehead atoms. The normalized spacial score (nSPS) is 13.5. The van der Waals surface area contributed by atoms with E-state index in [2.05, 4.69) is 15.9 Å². The number of alkyl halides is 4. The van der Waals surface area contributed by atoms with Gasteiger partial charge in [-0.2, -0.15) is 17.5 Å². The van der Waals surface area contributed by atoms with Crippen molar-refractivity contribution >= 4 is 26.0 Å². The van der Waals surface area contributed by atoms with E-state index in [1.165, 1.54) is 0 Å². The van der Waals surface area contributed by atoms with Gasteiger partial charge in [0.15, 0.2) is 0 Å². The van der Waals surface area contributed by atoms with Gasteiger partial charge in [-0.1, -0.05) is 29.3 Å². The second kappa shape index (κ2) is 6.05. The molecule has 0 N–H and O–H groups in total. The molecule has 0 saturated carbocycles. The van der Waals surface area contributed by atoms with E-state index in [-0.39, 0.29) is 6.54 Å². The zero-order valence-electron chi connectivity index (χ0n) is 8.22. The first-order valence-corrected chi connectivity index (χ1v) is 7.06. The maximum Gasteiger partial charge on any atom is 0.402 e. The fourth-order valence-corrected chi connectivity index (χ4v) is 2.68. The van der Waals surface area contributed by atoms with Crippen molar-refractivity contribution in [3.8, 4) is 0 Å². The van der Waals surface area contributed by atoms with Gasteiger partial charge in [0.05, 0.1) is 0 Å². The van der Waals surface area contributed by atoms with Crippen LogP contribution in [-0.2, 0) is 10.0 Å². The number of unbranched alkanes of at least 4 members (excludes halogenated alkanes) is 1. The Bertz CT molecular complexity index is 278. The third kappa shape index (κ3) is 6.36. The van der Waals surface area contributed by atoms with Crippen molar-refractivity contribution in [3.63, 3.8) is 0 Å². The van der Waals surface area contributed by atoms with Gasteiger partial charge < -0.3 is 0 Å². The molecular weight excluding hydrogens is 299 g/mol. The van der Waals surface area contributed by atoms with E-state index in [0.29, 0.717) is 17.1 Å². The van der Waals surface area contributed by atoms with Crippen LogP contribution >= 0.6 is 15.9 Å². The predicted octanol–water partition coefficient (Wildman–Crippen LogP) is 2.33. The summed E-state index contributed by atoms with van der Waals surface area (Å²) in [5.41, 5.74) is 0. The molecule has 0 aliphatic carbocycles. The van der Waals surface area contributed by atoms with Crippen LogP contribution < -0.4 is 0 Å². The summed E-state index contributed by atoms with van der Waals surface area (Å²) in [6.07, 6.45) is -3.43. The highest BCUT2D eigenvalue weighted by atomic mass is 79.9. The van der Waals surface area contributed by atoms with Gasteiger partial charge in [-0.3, -0.25) is 0 Å². The van der Waals surface area contributed by atoms with Crippen LogP contribution in [0.3, 0.4) is 0 Å². The molecule has 0 aromatic carbocycles. The Kier molecular flexibility index (Phi) is 6.12. The van der Waals surface area contributed by atoms with E-state index in [4.69, 9.17) is 0 Å². The molecule has 0 spiro atoms. The lowest BCUT2D eigenvalue weighted by Gasteiger charge is -2.21. The number of hydrogen-bond donors (Lipinski definition) is 0. The number of hydrogen-bond acceptors (Lipinski definition) is 2. The van der Waals surface area contributed by atoms with Crippen molar-refractivity contribution in [2.75, 3.05) is 17.8 Å². The van der Waals surface area contributed by atoms with E-state index in [1.54, 1.807) is 6.92 Å². The zero-order chi connectivity index (χ0) is 12.1. The fourth-order valence-electron chi connectivity index (χ4n) is 0.920. The van der Waals surface area contributed by atoms with Crippen molar-refractivity contribution in [2.45, 2.75) is 25.9 Å². The van der Waals surface area contributed by atoms with Crippen LogP contribution in [0.1, 0.15) is 19.8 Å². The molecule has 3 nitrogen and oxygen atoms in total. The van der Waals surface area contributed by atoms with Crippen LogP contribution in [0, 0.1) is 0 Å². The molecule has 0 atom stereocenters. The molecule has 0 aromatic rings. The van der Waals surface area contributed by atoms with Crippen LogP contribution in [0.2, 0.25) is 0 Å². The van der Waals surface area contributed by atoms with Crippen molar-refractivity contribution < 1.29 is 21.6 Å². The highest BCUT2D eigenvalue weighted by Crippen LogP contribution is 2.19. The van der Waals surface area contributed by atoms with E-state index in [1.807, 2.05) is 0 Å². The van der Waals surface area contributed by atoms with Gasteiger partial charge in [-0.05, 0) is 6.42 Å². The highest BCUT2D eigenvalue weighted by molar-refractivity contribution is 9.10. The fraction of sp³-hybridized carbons (Fsp3) is 1.00. The number of halogens is 4. The quantitative estimate of drug-likeness (QED) is 0.706. The lowest BCUT2D eigenvalue weighted by atomic mass is 10.3. The lowest BCUT2D eigenvalue weighted by Crippen LogP contribution is -2.39. The number of rotatable bonds is 6. The lowest BCUT2D eigenvalue weighted by molar-refractivity contribution is -0.136. The standard InChI is InChI=1S/C7H13BrF3NO2S/c1-2-3-4-12(5-7(9,10)11)15(13,14)6-8/h2-6H2,1H3. The molecule has 0 aliphatic heterocycles. The van der Waals surface area contributed by atoms with Gasteiger partial charge in [0.1, 0.15) is 11.2 Å². The summed E-state index contributed by atoms with van der Waals surface area (Å²) in [6, 6.07) is 0. The molecule has 0 heterocycles. The molecule has 15 heavy (non-hydrogen) atoms. The Balaban J connectivity index is 4.60. The first-order valence-electron chi connectivity index (χ1n) is 4.33. The average molecular weight is 312 g/mol. The third-order valence-electron chi connectivity index (χ3n) is 1.65. The van der Waals surface area contributed by atoms with Crippen LogP contribution in [-0.4, -0.2) is 36.7 Å². The number of sulfonamides is 1. The first kappa shape index (κ1) is 15.2. The predicted molar refractivity (Wildman–Crippen MR) is 55.2 cm³/mol. The van der Waals surface area contributed by atoms with Gasteiger partial charge in [-0.15, -0.1) is 0 Å². The summed E-state index contributed by atoms with van der Waals surface area (Å²) in [5, 5.41) is 0. The molecular formula is C7H13BrF3NO2S. The smallest absolute Gasteiger partial charge is 0.211 e. The van der Waals surface area contributed by atoms with E-state index in [9.17, 15) is 21.6 Å². The Morgan fingerprint density at radius 3 is 2.20 bits per heavy atom. The number of nitrogens with zero attached hydrogens (tertiary/aromatic N) is 1. The van der Waals surface area contributed by atoms with Gasteiger partial charge in [-0.25, -0.2) is 8.42 Å². The third-order valence-corrected chi connectivity index (χ3v) is 4.76. The second-order valence-corrected chi connectivity index (χ2v) is 6.30. The Morgan fingerprint density at radius 2 is 1.87 bits per heavy atom. The molecule has 0 rings (SSSR count). The van der Waals surface area contributed by atoms with Gasteiger partial charge in [0.2, 0.25) is 10.0 Å². The Labute approximate surface area is 95.8 Å². The Hall–Kier alpha value is 0.180. The molecule has 0 amide bonds. The molecule has 0 fully saturated rings. The Morgan fingerprint density at radius 1 is 1.33 bits per heavy atom. The summed E-state index contributed by atoms with van der Waals surface area (Å²) >= 11 is 2.67. The summed E-state index contributed by atoms with van der Waals surface area (Å²) in [5.74, 6) is 0. The van der Waals surface area contributed by atoms with Gasteiger partial charge >= 0.3 is 6.18 Å². The summed E-state index contributed by atoms with van der Waals surface area (Å²) in [4.78, 5) is 0. The van der Waals surface area contributed by atoms with Crippen LogP contribution in [0.5, 0.6) is 0 Å². The van der Waals surface area contributed by atoms with Crippen molar-refractivity contribution in [3.05, 3.63) is 0 Å². The summed E-state index contributed by atoms with van der Waals surface area (Å²) in [6.45, 7) is 0.275. The average Bonchev–Trinajstić information content (AvgIpc) is 2.10. The molecule has 0 saturated heterocycles. The SMILES string of the molecule is CCCCN(CC(F)(F)F)S(=O)(=O)CBr. The molecule has 8 heteroatoms. The summed E-state index contributed by atoms with van der Waals surface area (Å²) < 4.78 is 58.7. The molecule has 92 valence electrons. The topological polar surface area (TPSA) is 37.4 Å². The van der Waals surface area contributed by atoms with E-state index >= 15 is 0 Å². The van der Waals surface area contributed by atoms with Gasteiger partial charge in [0, 0.05) is 6.54 Å². The van der Waals surface area contributed by atoms with E-state index in [0.717, 1.165) is 0 Å². The van der Waals surface area contributed by atoms with Crippen LogP contribution in [0.15, 0.2) is 0 Å². The zero-order valence-corrected chi connectivity index (χ0v) is 10.6. The molecule has 0 unspecified atom stereocenters. The maximum absolute atomic E-state index is 12.1. The van der Waals surface area contributed by atoms with Crippen LogP contribution in [0.4, 0.5) is 13.2 Å². The second-order valence-electron chi connectivity index (χ2n) is 3.02. The minimum absolute atomic E-state index is 0.0933. The largest absolute Gasteiger partial charge is 0.402 e. The maximum atomic E-state index is 12.1. The minimum Gasteiger partial charge on any atom is -0.211 e. The first-order chi connectivity index (χ1) is 6.73.